The van der Waals surface area contributed by atoms with Crippen LogP contribution < -0.4 is 14.4 Å². The highest BCUT2D eigenvalue weighted by atomic mass is 35.5. The molecule has 1 aliphatic heterocycles. The number of fused-ring (bicyclic) bond motifs is 1. The van der Waals surface area contributed by atoms with E-state index in [1.165, 1.54) is 25.1 Å². The molecule has 17 heteroatoms. The predicted molar refractivity (Wildman–Crippen MR) is 196 cm³/mol. The zero-order valence-corrected chi connectivity index (χ0v) is 31.6. The van der Waals surface area contributed by atoms with Gasteiger partial charge in [0.25, 0.3) is 0 Å². The monoisotopic (exact) mass is 787 g/mol. The van der Waals surface area contributed by atoms with Crippen molar-refractivity contribution in [1.29, 1.82) is 0 Å². The molecule has 2 fully saturated rings. The Morgan fingerprint density at radius 2 is 1.30 bits per heavy atom. The second kappa shape index (κ2) is 18.6. The maximum Gasteiger partial charge on any atom is 0.345 e. The van der Waals surface area contributed by atoms with E-state index in [9.17, 15) is 18.9 Å². The average molecular weight is 789 g/mol. The molecule has 14 nitrogen and oxygen atoms in total. The van der Waals surface area contributed by atoms with E-state index in [0.717, 1.165) is 36.1 Å². The van der Waals surface area contributed by atoms with E-state index in [2.05, 4.69) is 24.8 Å². The Hall–Kier alpha value is -4.41. The van der Waals surface area contributed by atoms with Crippen molar-refractivity contribution in [3.05, 3.63) is 92.2 Å². The highest BCUT2D eigenvalue weighted by Gasteiger charge is 2.46. The summed E-state index contributed by atoms with van der Waals surface area (Å²) in [4.78, 5) is 43.2. The summed E-state index contributed by atoms with van der Waals surface area (Å²) in [5.74, 6) is 1.10. The number of benzene rings is 2. The van der Waals surface area contributed by atoms with Crippen molar-refractivity contribution < 1.29 is 43.0 Å². The largest absolute Gasteiger partial charge is 0.472 e. The summed E-state index contributed by atoms with van der Waals surface area (Å²) in [5.41, 5.74) is 3.02. The van der Waals surface area contributed by atoms with E-state index in [1.807, 2.05) is 6.07 Å². The van der Waals surface area contributed by atoms with Crippen LogP contribution in [0.3, 0.4) is 0 Å². The van der Waals surface area contributed by atoms with Crippen LogP contribution in [0.15, 0.2) is 53.9 Å². The number of rotatable bonds is 14. The minimum Gasteiger partial charge on any atom is -0.472 e. The fourth-order valence-corrected chi connectivity index (χ4v) is 6.34. The molecule has 0 bridgehead atoms. The van der Waals surface area contributed by atoms with Crippen molar-refractivity contribution in [2.45, 2.75) is 51.9 Å². The van der Waals surface area contributed by atoms with Crippen molar-refractivity contribution in [3.8, 4) is 11.8 Å². The van der Waals surface area contributed by atoms with Crippen molar-refractivity contribution >= 4 is 51.9 Å². The molecule has 3 unspecified atom stereocenters. The Balaban J connectivity index is 0.000000206. The quantitative estimate of drug-likeness (QED) is 0.129. The molecule has 0 spiro atoms. The summed E-state index contributed by atoms with van der Waals surface area (Å²) < 4.78 is 33.1. The predicted octanol–water partition coefficient (Wildman–Crippen LogP) is 4.95. The number of nitrogens with zero attached hydrogens (tertiary/aromatic N) is 5. The summed E-state index contributed by atoms with van der Waals surface area (Å²) in [7, 11) is -1.42. The number of aliphatic hydroxyl groups excluding tert-OH is 2. The Labute approximate surface area is 318 Å². The first-order valence-electron chi connectivity index (χ1n) is 16.7. The lowest BCUT2D eigenvalue weighted by Crippen LogP contribution is -2.24. The fourth-order valence-electron chi connectivity index (χ4n) is 5.40. The van der Waals surface area contributed by atoms with Crippen molar-refractivity contribution in [2.24, 2.45) is 11.8 Å². The number of aliphatic hydroxyl groups is 2. The van der Waals surface area contributed by atoms with Gasteiger partial charge in [0.1, 0.15) is 24.3 Å². The number of hydrogen-bond acceptors (Lipinski definition) is 14. The van der Waals surface area contributed by atoms with Crippen LogP contribution in [0.4, 0.5) is 5.95 Å². The van der Waals surface area contributed by atoms with Gasteiger partial charge in [0.15, 0.2) is 0 Å². The summed E-state index contributed by atoms with van der Waals surface area (Å²) in [6, 6.07) is 10.4. The standard InChI is InChI=1S/C20H22ClN3O4.C16H17ClN2O5S/c1-2-27-19(26)16-7-22-20(24-8-14-6-15(14)9-24)23-18(16)28-11-12-3-4-13(10-25)17(21)5-12;1-3-23-15(21)12-7-18-16(25(2)22)19-14(12)24-9-10-4-5-11(8-20)13(17)6-10/h3-5,7,14-15,25H,2,6,8-11H2,1H3;4-7,20H,3,8-9H2,1-2H3. The van der Waals surface area contributed by atoms with Crippen LogP contribution >= 0.6 is 23.2 Å². The molecular weight excluding hydrogens is 749 g/mol. The first-order chi connectivity index (χ1) is 25.5. The first kappa shape index (κ1) is 39.8. The lowest BCUT2D eigenvalue weighted by Gasteiger charge is -2.19. The third-order valence-electron chi connectivity index (χ3n) is 8.31. The summed E-state index contributed by atoms with van der Waals surface area (Å²) in [6.45, 7) is 5.73. The maximum atomic E-state index is 12.3. The van der Waals surface area contributed by atoms with Crippen LogP contribution in [0.25, 0.3) is 0 Å². The van der Waals surface area contributed by atoms with Crippen LogP contribution in [-0.2, 0) is 46.7 Å². The lowest BCUT2D eigenvalue weighted by atomic mass is 10.1. The number of piperidine rings is 1. The van der Waals surface area contributed by atoms with Crippen LogP contribution in [0.5, 0.6) is 11.8 Å². The number of carbonyl (C=O) groups is 2. The van der Waals surface area contributed by atoms with E-state index in [4.69, 9.17) is 47.3 Å². The van der Waals surface area contributed by atoms with Gasteiger partial charge in [-0.05, 0) is 66.5 Å². The molecule has 282 valence electrons. The average Bonchev–Trinajstić information content (AvgIpc) is 3.77. The summed E-state index contributed by atoms with van der Waals surface area (Å²) >= 11 is 12.2. The number of halogens is 2. The zero-order chi connectivity index (χ0) is 38.1. The minimum absolute atomic E-state index is 0.0130. The van der Waals surface area contributed by atoms with Crippen LogP contribution in [-0.4, -0.2) is 78.9 Å². The molecule has 0 amide bonds. The van der Waals surface area contributed by atoms with Gasteiger partial charge in [-0.15, -0.1) is 0 Å². The second-order valence-corrected chi connectivity index (χ2v) is 14.1. The lowest BCUT2D eigenvalue weighted by molar-refractivity contribution is 0.0509. The third-order valence-corrected chi connectivity index (χ3v) is 9.72. The van der Waals surface area contributed by atoms with Crippen LogP contribution in [0.2, 0.25) is 10.0 Å². The summed E-state index contributed by atoms with van der Waals surface area (Å²) in [6.07, 6.45) is 5.42. The minimum atomic E-state index is -1.42. The zero-order valence-electron chi connectivity index (χ0n) is 29.3. The highest BCUT2D eigenvalue weighted by molar-refractivity contribution is 7.84. The Morgan fingerprint density at radius 1 is 0.811 bits per heavy atom. The molecule has 2 aromatic carbocycles. The molecule has 0 radical (unpaired) electrons. The van der Waals surface area contributed by atoms with Gasteiger partial charge in [0, 0.05) is 29.4 Å². The molecule has 3 heterocycles. The Bertz CT molecular complexity index is 1960. The van der Waals surface area contributed by atoms with E-state index in [1.54, 1.807) is 44.2 Å². The van der Waals surface area contributed by atoms with Crippen LogP contribution in [0.1, 0.15) is 63.2 Å². The van der Waals surface area contributed by atoms with Crippen LogP contribution in [0, 0.1) is 11.8 Å². The topological polar surface area (TPSA) is 183 Å². The van der Waals surface area contributed by atoms with Crippen molar-refractivity contribution in [3.63, 3.8) is 0 Å². The second-order valence-electron chi connectivity index (χ2n) is 12.1. The number of anilines is 1. The van der Waals surface area contributed by atoms with Gasteiger partial charge in [0.2, 0.25) is 22.9 Å². The summed E-state index contributed by atoms with van der Waals surface area (Å²) in [5, 5.41) is 19.3. The van der Waals surface area contributed by atoms with Crippen molar-refractivity contribution in [1.82, 2.24) is 19.9 Å². The molecule has 1 aliphatic carbocycles. The molecule has 6 rings (SSSR count). The smallest absolute Gasteiger partial charge is 0.345 e. The molecule has 4 aromatic rings. The highest BCUT2D eigenvalue weighted by Crippen LogP contribution is 2.45. The molecule has 3 atom stereocenters. The van der Waals surface area contributed by atoms with Gasteiger partial charge >= 0.3 is 11.9 Å². The number of aromatic nitrogens is 4. The Kier molecular flexibility index (Phi) is 13.9. The molecule has 1 saturated carbocycles. The van der Waals surface area contributed by atoms with E-state index >= 15 is 0 Å². The normalized spacial score (nSPS) is 16.2. The number of carbonyl (C=O) groups excluding carboxylic acids is 2. The van der Waals surface area contributed by atoms with E-state index in [-0.39, 0.29) is 67.7 Å². The van der Waals surface area contributed by atoms with Gasteiger partial charge in [-0.25, -0.2) is 19.6 Å². The molecular formula is C36H39Cl2N5O9S. The van der Waals surface area contributed by atoms with Gasteiger partial charge in [0.05, 0.1) is 49.6 Å². The van der Waals surface area contributed by atoms with Gasteiger partial charge < -0.3 is 34.1 Å². The number of hydrogen-bond donors (Lipinski definition) is 2. The van der Waals surface area contributed by atoms with Gasteiger partial charge in [-0.1, -0.05) is 47.5 Å². The molecule has 1 saturated heterocycles. The number of ether oxygens (including phenoxy) is 4. The molecule has 2 N–H and O–H groups in total. The number of esters is 2. The molecule has 2 aliphatic rings. The van der Waals surface area contributed by atoms with E-state index < -0.39 is 22.7 Å². The molecule has 53 heavy (non-hydrogen) atoms. The first-order valence-corrected chi connectivity index (χ1v) is 19.0. The van der Waals surface area contributed by atoms with E-state index in [0.29, 0.717) is 27.1 Å². The third kappa shape index (κ3) is 10.4. The van der Waals surface area contributed by atoms with Gasteiger partial charge in [-0.3, -0.25) is 4.21 Å². The Morgan fingerprint density at radius 3 is 1.75 bits per heavy atom. The maximum absolute atomic E-state index is 12.3. The molecule has 2 aromatic heterocycles. The van der Waals surface area contributed by atoms with Gasteiger partial charge in [-0.2, -0.15) is 9.97 Å². The fraction of sp³-hybridized carbons (Fsp3) is 0.389. The SMILES string of the molecule is CCOC(=O)c1cnc(N2CC3CC3C2)nc1OCc1ccc(CO)c(Cl)c1.CCOC(=O)c1cnc(S(C)=O)nc1OCc1ccc(CO)c(Cl)c1. The van der Waals surface area contributed by atoms with Crippen molar-refractivity contribution in [2.75, 3.05) is 37.5 Å².